The molecule has 0 fully saturated rings. The molecule has 128 valence electrons. The highest BCUT2D eigenvalue weighted by atomic mass is 16.5. The molecule has 8 nitrogen and oxygen atoms in total. The lowest BCUT2D eigenvalue weighted by molar-refractivity contribution is -0.155. The fraction of sp³-hybridized carbons (Fsp3) is 0.375. The minimum absolute atomic E-state index is 0.0646. The normalized spacial score (nSPS) is 12.0. The average Bonchev–Trinajstić information content (AvgIpc) is 2.88. The van der Waals surface area contributed by atoms with E-state index in [0.717, 1.165) is 4.68 Å². The summed E-state index contributed by atoms with van der Waals surface area (Å²) in [5.41, 5.74) is 0.617. The van der Waals surface area contributed by atoms with Crippen LogP contribution in [0.3, 0.4) is 0 Å². The summed E-state index contributed by atoms with van der Waals surface area (Å²) >= 11 is 0. The first-order valence-electron chi connectivity index (χ1n) is 7.50. The Morgan fingerprint density at radius 3 is 2.54 bits per heavy atom. The number of carbonyl (C=O) groups excluding carboxylic acids is 2. The molecule has 0 aliphatic heterocycles. The molecular weight excluding hydrogens is 314 g/mol. The average molecular weight is 333 g/mol. The molecule has 0 bridgehead atoms. The summed E-state index contributed by atoms with van der Waals surface area (Å²) in [4.78, 5) is 35.3. The minimum Gasteiger partial charge on any atom is -0.451 e. The summed E-state index contributed by atoms with van der Waals surface area (Å²) in [5, 5.41) is 6.59. The molecule has 1 heterocycles. The molecule has 1 aromatic carbocycles. The Kier molecular flexibility index (Phi) is 5.51. The second-order valence-corrected chi connectivity index (χ2v) is 5.49. The van der Waals surface area contributed by atoms with Crippen molar-refractivity contribution in [1.82, 2.24) is 15.1 Å². The second-order valence-electron chi connectivity index (χ2n) is 5.49. The Balaban J connectivity index is 2.01. The van der Waals surface area contributed by atoms with Gasteiger partial charge in [-0.05, 0) is 32.9 Å². The lowest BCUT2D eigenvalue weighted by atomic mass is 10.2. The van der Waals surface area contributed by atoms with E-state index in [-0.39, 0.29) is 11.9 Å². The molecule has 0 saturated heterocycles. The quantitative estimate of drug-likeness (QED) is 0.790. The van der Waals surface area contributed by atoms with Crippen LogP contribution in [-0.2, 0) is 20.9 Å². The molecular formula is C16H19N3O5. The van der Waals surface area contributed by atoms with E-state index in [9.17, 15) is 14.4 Å². The molecule has 1 N–H and O–H groups in total. The van der Waals surface area contributed by atoms with Gasteiger partial charge < -0.3 is 14.5 Å². The van der Waals surface area contributed by atoms with Gasteiger partial charge in [-0.3, -0.25) is 9.59 Å². The molecule has 0 saturated carbocycles. The first-order chi connectivity index (χ1) is 11.4. The van der Waals surface area contributed by atoms with E-state index >= 15 is 0 Å². The third-order valence-electron chi connectivity index (χ3n) is 3.01. The number of hydrogen-bond acceptors (Lipinski definition) is 6. The Morgan fingerprint density at radius 1 is 1.25 bits per heavy atom. The number of amides is 1. The maximum Gasteiger partial charge on any atom is 0.437 e. The van der Waals surface area contributed by atoms with Crippen LogP contribution >= 0.6 is 0 Å². The summed E-state index contributed by atoms with van der Waals surface area (Å²) in [6.45, 7) is 4.62. The van der Waals surface area contributed by atoms with E-state index in [1.54, 1.807) is 38.1 Å². The molecule has 2 aromatic rings. The van der Waals surface area contributed by atoms with Gasteiger partial charge in [-0.25, -0.2) is 4.79 Å². The van der Waals surface area contributed by atoms with Gasteiger partial charge >= 0.3 is 11.7 Å². The van der Waals surface area contributed by atoms with E-state index < -0.39 is 30.3 Å². The van der Waals surface area contributed by atoms with Gasteiger partial charge in [0.2, 0.25) is 5.89 Å². The fourth-order valence-electron chi connectivity index (χ4n) is 1.92. The van der Waals surface area contributed by atoms with E-state index in [4.69, 9.17) is 9.15 Å². The number of hydrogen-bond donors (Lipinski definition) is 1. The van der Waals surface area contributed by atoms with Crippen molar-refractivity contribution in [2.24, 2.45) is 0 Å². The van der Waals surface area contributed by atoms with Crippen LogP contribution in [-0.4, -0.2) is 33.8 Å². The van der Waals surface area contributed by atoms with Crippen molar-refractivity contribution in [1.29, 1.82) is 0 Å². The number of benzene rings is 1. The third kappa shape index (κ3) is 4.55. The van der Waals surface area contributed by atoms with Crippen molar-refractivity contribution in [3.05, 3.63) is 40.9 Å². The van der Waals surface area contributed by atoms with Crippen LogP contribution in [0.4, 0.5) is 0 Å². The van der Waals surface area contributed by atoms with Gasteiger partial charge in [0, 0.05) is 11.6 Å². The maximum atomic E-state index is 11.9. The number of carbonyl (C=O) groups is 2. The second kappa shape index (κ2) is 7.58. The molecule has 0 spiro atoms. The fourth-order valence-corrected chi connectivity index (χ4v) is 1.92. The molecule has 24 heavy (non-hydrogen) atoms. The largest absolute Gasteiger partial charge is 0.451 e. The Bertz CT molecular complexity index is 764. The molecule has 1 aromatic heterocycles. The van der Waals surface area contributed by atoms with Gasteiger partial charge in [-0.1, -0.05) is 18.2 Å². The zero-order valence-electron chi connectivity index (χ0n) is 13.7. The highest BCUT2D eigenvalue weighted by Crippen LogP contribution is 2.13. The first-order valence-corrected chi connectivity index (χ1v) is 7.50. The maximum absolute atomic E-state index is 11.9. The van der Waals surface area contributed by atoms with E-state index in [0.29, 0.717) is 5.56 Å². The van der Waals surface area contributed by atoms with Gasteiger partial charge in [0.1, 0.15) is 6.54 Å². The van der Waals surface area contributed by atoms with Crippen LogP contribution in [0.15, 0.2) is 39.5 Å². The molecule has 2 rings (SSSR count). The minimum atomic E-state index is -0.962. The zero-order chi connectivity index (χ0) is 17.7. The van der Waals surface area contributed by atoms with Crippen LogP contribution in [0.25, 0.3) is 11.5 Å². The van der Waals surface area contributed by atoms with Crippen LogP contribution < -0.4 is 11.1 Å². The Morgan fingerprint density at radius 2 is 1.92 bits per heavy atom. The number of aromatic nitrogens is 2. The Hall–Kier alpha value is -2.90. The lowest BCUT2D eigenvalue weighted by Crippen LogP contribution is -2.40. The molecule has 8 heteroatoms. The van der Waals surface area contributed by atoms with E-state index in [1.165, 1.54) is 6.92 Å². The van der Waals surface area contributed by atoms with Crippen molar-refractivity contribution < 1.29 is 18.7 Å². The molecule has 0 aliphatic carbocycles. The van der Waals surface area contributed by atoms with Gasteiger partial charge in [0.15, 0.2) is 6.10 Å². The van der Waals surface area contributed by atoms with E-state index in [1.807, 2.05) is 6.07 Å². The van der Waals surface area contributed by atoms with Crippen LogP contribution in [0, 0.1) is 0 Å². The standard InChI is InChI=1S/C16H19N3O5/c1-10(2)17-14(21)11(3)23-13(20)9-19-16(22)24-15(18-19)12-7-5-4-6-8-12/h4-8,10-11H,9H2,1-3H3,(H,17,21)/t11-/m1/s1. The number of ether oxygens (including phenoxy) is 1. The van der Waals surface area contributed by atoms with Gasteiger partial charge in [-0.2, -0.15) is 4.68 Å². The summed E-state index contributed by atoms with van der Waals surface area (Å²) < 4.78 is 10.9. The summed E-state index contributed by atoms with van der Waals surface area (Å²) in [6.07, 6.45) is -0.962. The predicted molar refractivity (Wildman–Crippen MR) is 85.0 cm³/mol. The SMILES string of the molecule is CC(C)NC(=O)[C@@H](C)OC(=O)Cn1nc(-c2ccccc2)oc1=O. The highest BCUT2D eigenvalue weighted by Gasteiger charge is 2.20. The van der Waals surface area contributed by atoms with Crippen molar-refractivity contribution in [3.8, 4) is 11.5 Å². The van der Waals surface area contributed by atoms with Crippen molar-refractivity contribution >= 4 is 11.9 Å². The predicted octanol–water partition coefficient (Wildman–Crippen LogP) is 0.960. The summed E-state index contributed by atoms with van der Waals surface area (Å²) in [5.74, 6) is -1.82. The van der Waals surface area contributed by atoms with E-state index in [2.05, 4.69) is 10.4 Å². The van der Waals surface area contributed by atoms with Crippen molar-refractivity contribution in [3.63, 3.8) is 0 Å². The highest BCUT2D eigenvalue weighted by molar-refractivity contribution is 5.83. The van der Waals surface area contributed by atoms with Gasteiger partial charge in [0.05, 0.1) is 0 Å². The number of esters is 1. The van der Waals surface area contributed by atoms with Gasteiger partial charge in [-0.15, -0.1) is 5.10 Å². The monoisotopic (exact) mass is 333 g/mol. The molecule has 1 atom stereocenters. The number of nitrogens with one attached hydrogen (secondary N) is 1. The summed E-state index contributed by atoms with van der Waals surface area (Å²) in [7, 11) is 0. The number of nitrogens with zero attached hydrogens (tertiary/aromatic N) is 2. The van der Waals surface area contributed by atoms with Crippen LogP contribution in [0.1, 0.15) is 20.8 Å². The van der Waals surface area contributed by atoms with Crippen LogP contribution in [0.2, 0.25) is 0 Å². The topological polar surface area (TPSA) is 103 Å². The van der Waals surface area contributed by atoms with Gasteiger partial charge in [0.25, 0.3) is 5.91 Å². The van der Waals surface area contributed by atoms with Crippen molar-refractivity contribution in [2.45, 2.75) is 39.5 Å². The zero-order valence-corrected chi connectivity index (χ0v) is 13.7. The summed E-state index contributed by atoms with van der Waals surface area (Å²) in [6, 6.07) is 8.76. The number of rotatable bonds is 6. The Labute approximate surface area is 138 Å². The molecule has 0 aliphatic rings. The molecule has 0 unspecified atom stereocenters. The van der Waals surface area contributed by atoms with Crippen molar-refractivity contribution in [2.75, 3.05) is 0 Å². The molecule has 0 radical (unpaired) electrons. The molecule has 1 amide bonds. The first kappa shape index (κ1) is 17.5. The smallest absolute Gasteiger partial charge is 0.437 e. The third-order valence-corrected chi connectivity index (χ3v) is 3.01. The lowest BCUT2D eigenvalue weighted by Gasteiger charge is -2.15. The van der Waals surface area contributed by atoms with Crippen LogP contribution in [0.5, 0.6) is 0 Å².